The molecule has 1 N–H and O–H groups in total. The van der Waals surface area contributed by atoms with E-state index in [0.717, 1.165) is 10.7 Å². The first-order valence-corrected chi connectivity index (χ1v) is 7.68. The summed E-state index contributed by atoms with van der Waals surface area (Å²) < 4.78 is 14.6. The number of halogens is 2. The van der Waals surface area contributed by atoms with Gasteiger partial charge in [0.2, 0.25) is 0 Å². The zero-order valence-corrected chi connectivity index (χ0v) is 13.5. The van der Waals surface area contributed by atoms with Gasteiger partial charge in [0.05, 0.1) is 15.2 Å². The fourth-order valence-electron chi connectivity index (χ4n) is 1.96. The molecule has 0 bridgehead atoms. The minimum absolute atomic E-state index is 0.0672. The molecule has 0 fully saturated rings. The van der Waals surface area contributed by atoms with Crippen molar-refractivity contribution >= 4 is 27.3 Å². The first kappa shape index (κ1) is 14.6. The summed E-state index contributed by atoms with van der Waals surface area (Å²) in [5.74, 6) is -0.202. The topological polar surface area (TPSA) is 24.9 Å². The van der Waals surface area contributed by atoms with Crippen molar-refractivity contribution in [2.24, 2.45) is 0 Å². The van der Waals surface area contributed by atoms with Gasteiger partial charge in [-0.2, -0.15) is 0 Å². The van der Waals surface area contributed by atoms with Crippen molar-refractivity contribution in [1.82, 2.24) is 10.3 Å². The van der Waals surface area contributed by atoms with Crippen LogP contribution >= 0.6 is 27.3 Å². The predicted molar refractivity (Wildman–Crippen MR) is 81.2 cm³/mol. The maximum absolute atomic E-state index is 14.1. The van der Waals surface area contributed by atoms with E-state index in [1.807, 2.05) is 26.1 Å². The average Bonchev–Trinajstić information content (AvgIpc) is 2.69. The van der Waals surface area contributed by atoms with Crippen LogP contribution < -0.4 is 5.32 Å². The average molecular weight is 343 g/mol. The zero-order valence-electron chi connectivity index (χ0n) is 11.1. The summed E-state index contributed by atoms with van der Waals surface area (Å²) >= 11 is 4.91. The Morgan fingerprint density at radius 1 is 1.42 bits per heavy atom. The lowest BCUT2D eigenvalue weighted by Gasteiger charge is -2.16. The number of hydrogen-bond acceptors (Lipinski definition) is 3. The van der Waals surface area contributed by atoms with Gasteiger partial charge < -0.3 is 5.32 Å². The van der Waals surface area contributed by atoms with Crippen molar-refractivity contribution in [2.75, 3.05) is 7.05 Å². The lowest BCUT2D eigenvalue weighted by Crippen LogP contribution is -2.20. The van der Waals surface area contributed by atoms with Gasteiger partial charge in [0.25, 0.3) is 0 Å². The van der Waals surface area contributed by atoms with E-state index < -0.39 is 0 Å². The summed E-state index contributed by atoms with van der Waals surface area (Å²) in [7, 11) is 1.85. The molecule has 0 aliphatic carbocycles. The molecule has 1 aromatic carbocycles. The molecule has 1 unspecified atom stereocenters. The van der Waals surface area contributed by atoms with Gasteiger partial charge in [-0.1, -0.05) is 12.1 Å². The lowest BCUT2D eigenvalue weighted by molar-refractivity contribution is 0.530. The molecule has 0 spiro atoms. The molecule has 1 atom stereocenters. The van der Waals surface area contributed by atoms with Crippen LogP contribution in [0.15, 0.2) is 22.7 Å². The Balaban J connectivity index is 2.27. The number of aryl methyl sites for hydroxylation is 2. The second-order valence-corrected chi connectivity index (χ2v) is 6.58. The summed E-state index contributed by atoms with van der Waals surface area (Å²) in [5, 5.41) is 4.21. The Morgan fingerprint density at radius 2 is 2.16 bits per heavy atom. The minimum Gasteiger partial charge on any atom is -0.313 e. The molecule has 1 aromatic heterocycles. The third kappa shape index (κ3) is 3.22. The molecule has 19 heavy (non-hydrogen) atoms. The fourth-order valence-corrected chi connectivity index (χ4v) is 3.32. The van der Waals surface area contributed by atoms with E-state index in [-0.39, 0.29) is 11.9 Å². The number of benzene rings is 1. The fraction of sp³-hybridized carbons (Fsp3) is 0.357. The second-order valence-electron chi connectivity index (χ2n) is 4.44. The van der Waals surface area contributed by atoms with E-state index in [4.69, 9.17) is 0 Å². The molecule has 0 saturated heterocycles. The highest BCUT2D eigenvalue weighted by molar-refractivity contribution is 9.10. The summed E-state index contributed by atoms with van der Waals surface area (Å²) in [5.41, 5.74) is 1.73. The first-order valence-electron chi connectivity index (χ1n) is 6.07. The van der Waals surface area contributed by atoms with E-state index in [1.165, 1.54) is 4.88 Å². The first-order chi connectivity index (χ1) is 9.02. The maximum atomic E-state index is 14.1. The normalized spacial score (nSPS) is 12.7. The van der Waals surface area contributed by atoms with Crippen molar-refractivity contribution in [1.29, 1.82) is 0 Å². The van der Waals surface area contributed by atoms with Gasteiger partial charge in [-0.15, -0.1) is 11.3 Å². The molecule has 2 aromatic rings. The number of nitrogens with zero attached hydrogens (tertiary/aromatic N) is 1. The van der Waals surface area contributed by atoms with Crippen LogP contribution in [0, 0.1) is 19.7 Å². The maximum Gasteiger partial charge on any atom is 0.142 e. The van der Waals surface area contributed by atoms with Gasteiger partial charge in [0.1, 0.15) is 5.82 Å². The standard InChI is InChI=1S/C14H16BrFN2S/c1-8-9(2)19-13(18-8)7-12(17-3)10-5-4-6-11(15)14(10)16/h4-6,12,17H,7H2,1-3H3. The van der Waals surface area contributed by atoms with Gasteiger partial charge in [0, 0.05) is 22.9 Å². The van der Waals surface area contributed by atoms with Crippen LogP contribution in [0.1, 0.15) is 27.2 Å². The monoisotopic (exact) mass is 342 g/mol. The van der Waals surface area contributed by atoms with E-state index in [0.29, 0.717) is 16.5 Å². The molecule has 0 saturated carbocycles. The Hall–Kier alpha value is -0.780. The third-order valence-corrected chi connectivity index (χ3v) is 4.86. The molecular weight excluding hydrogens is 327 g/mol. The highest BCUT2D eigenvalue weighted by Crippen LogP contribution is 2.27. The molecule has 0 aliphatic rings. The van der Waals surface area contributed by atoms with Gasteiger partial charge >= 0.3 is 0 Å². The third-order valence-electron chi connectivity index (χ3n) is 3.16. The van der Waals surface area contributed by atoms with Crippen LogP contribution in [-0.2, 0) is 6.42 Å². The molecule has 1 heterocycles. The molecule has 102 valence electrons. The van der Waals surface area contributed by atoms with Crippen LogP contribution in [-0.4, -0.2) is 12.0 Å². The summed E-state index contributed by atoms with van der Waals surface area (Å²) in [6.07, 6.45) is 0.698. The zero-order chi connectivity index (χ0) is 14.0. The number of likely N-dealkylation sites (N-methyl/N-ethyl adjacent to an activating group) is 1. The second kappa shape index (κ2) is 6.11. The number of hydrogen-bond donors (Lipinski definition) is 1. The van der Waals surface area contributed by atoms with Crippen LogP contribution in [0.25, 0.3) is 0 Å². The number of nitrogens with one attached hydrogen (secondary N) is 1. The Bertz CT molecular complexity index is 563. The van der Waals surface area contributed by atoms with Gasteiger partial charge in [-0.05, 0) is 42.9 Å². The van der Waals surface area contributed by atoms with Crippen LogP contribution in [0.4, 0.5) is 4.39 Å². The van der Waals surface area contributed by atoms with Gasteiger partial charge in [-0.3, -0.25) is 0 Å². The highest BCUT2D eigenvalue weighted by atomic mass is 79.9. The van der Waals surface area contributed by atoms with E-state index in [9.17, 15) is 4.39 Å². The van der Waals surface area contributed by atoms with Crippen LogP contribution in [0.2, 0.25) is 0 Å². The van der Waals surface area contributed by atoms with Crippen molar-refractivity contribution in [3.8, 4) is 0 Å². The van der Waals surface area contributed by atoms with Gasteiger partial charge in [0.15, 0.2) is 0 Å². The predicted octanol–water partition coefficient (Wildman–Crippen LogP) is 4.16. The minimum atomic E-state index is -0.202. The quantitative estimate of drug-likeness (QED) is 0.902. The molecule has 2 nitrogen and oxygen atoms in total. The molecular formula is C14H16BrFN2S. The lowest BCUT2D eigenvalue weighted by atomic mass is 10.0. The Morgan fingerprint density at radius 3 is 2.74 bits per heavy atom. The molecule has 0 radical (unpaired) electrons. The smallest absolute Gasteiger partial charge is 0.142 e. The Labute approximate surface area is 125 Å². The summed E-state index contributed by atoms with van der Waals surface area (Å²) in [6.45, 7) is 4.06. The van der Waals surface area contributed by atoms with Crippen LogP contribution in [0.5, 0.6) is 0 Å². The highest BCUT2D eigenvalue weighted by Gasteiger charge is 2.18. The van der Waals surface area contributed by atoms with Gasteiger partial charge in [-0.25, -0.2) is 9.37 Å². The van der Waals surface area contributed by atoms with E-state index in [2.05, 4.69) is 33.2 Å². The summed E-state index contributed by atoms with van der Waals surface area (Å²) in [4.78, 5) is 5.74. The number of aromatic nitrogens is 1. The molecule has 5 heteroatoms. The molecule has 2 rings (SSSR count). The molecule has 0 amide bonds. The van der Waals surface area contributed by atoms with Crippen molar-refractivity contribution in [2.45, 2.75) is 26.3 Å². The van der Waals surface area contributed by atoms with E-state index in [1.54, 1.807) is 17.4 Å². The van der Waals surface area contributed by atoms with Crippen molar-refractivity contribution < 1.29 is 4.39 Å². The largest absolute Gasteiger partial charge is 0.313 e. The number of thiazole rings is 1. The number of rotatable bonds is 4. The summed E-state index contributed by atoms with van der Waals surface area (Å²) in [6, 6.07) is 5.31. The Kier molecular flexibility index (Phi) is 4.71. The van der Waals surface area contributed by atoms with Crippen LogP contribution in [0.3, 0.4) is 0 Å². The van der Waals surface area contributed by atoms with Crippen molar-refractivity contribution in [3.05, 3.63) is 49.6 Å². The molecule has 0 aliphatic heterocycles. The van der Waals surface area contributed by atoms with E-state index >= 15 is 0 Å². The SMILES string of the molecule is CNC(Cc1nc(C)c(C)s1)c1cccc(Br)c1F. The van der Waals surface area contributed by atoms with Crippen molar-refractivity contribution in [3.63, 3.8) is 0 Å².